The van der Waals surface area contributed by atoms with E-state index in [9.17, 15) is 13.2 Å². The van der Waals surface area contributed by atoms with E-state index in [-0.39, 0.29) is 30.1 Å². The molecule has 0 bridgehead atoms. The highest BCUT2D eigenvalue weighted by Crippen LogP contribution is 2.33. The van der Waals surface area contributed by atoms with Crippen molar-refractivity contribution in [2.75, 3.05) is 0 Å². The Labute approximate surface area is 400 Å². The number of benzene rings is 2. The highest BCUT2D eigenvalue weighted by atomic mass is 32.2. The number of carbonyl (C=O) groups is 1. The van der Waals surface area contributed by atoms with Crippen LogP contribution in [0.5, 0.6) is 0 Å². The van der Waals surface area contributed by atoms with E-state index >= 15 is 0 Å². The molecule has 18 heteroatoms. The number of hydrogen-bond acceptors (Lipinski definition) is 11. The topological polar surface area (TPSA) is 198 Å². The number of nitrogens with one attached hydrogen (secondary N) is 2. The molecule has 2 saturated carbocycles. The zero-order valence-corrected chi connectivity index (χ0v) is 39.1. The van der Waals surface area contributed by atoms with Crippen LogP contribution >= 0.6 is 0 Å². The highest BCUT2D eigenvalue weighted by molar-refractivity contribution is 7.92. The molecule has 17 nitrogen and oxygen atoms in total. The van der Waals surface area contributed by atoms with Gasteiger partial charge < -0.3 is 5.32 Å². The largest absolute Gasteiger partial charge is 0.350 e. The van der Waals surface area contributed by atoms with Crippen LogP contribution in [0.4, 0.5) is 0 Å². The van der Waals surface area contributed by atoms with Crippen molar-refractivity contribution in [1.29, 1.82) is 0 Å². The van der Waals surface area contributed by atoms with Gasteiger partial charge in [0.2, 0.25) is 15.9 Å². The molecule has 6 heterocycles. The summed E-state index contributed by atoms with van der Waals surface area (Å²) in [6.07, 6.45) is 33.2. The van der Waals surface area contributed by atoms with Crippen LogP contribution in [0.2, 0.25) is 0 Å². The van der Waals surface area contributed by atoms with Gasteiger partial charge in [0, 0.05) is 132 Å². The molecule has 350 valence electrons. The molecular weight excluding hydrogens is 889 g/mol. The van der Waals surface area contributed by atoms with Crippen LogP contribution in [-0.2, 0) is 28.9 Å². The monoisotopic (exact) mass is 940 g/mol. The summed E-state index contributed by atoms with van der Waals surface area (Å²) in [5, 5.41) is 22.1. The normalized spacial score (nSPS) is 18.8. The van der Waals surface area contributed by atoms with Gasteiger partial charge in [0.05, 0.1) is 36.9 Å². The minimum Gasteiger partial charge on any atom is -0.350 e. The Morgan fingerprint density at radius 1 is 0.551 bits per heavy atom. The van der Waals surface area contributed by atoms with Crippen molar-refractivity contribution in [2.24, 2.45) is 14.1 Å². The molecule has 1 amide bonds. The van der Waals surface area contributed by atoms with Gasteiger partial charge in [-0.15, -0.1) is 0 Å². The Hall–Kier alpha value is -7.70. The molecule has 2 fully saturated rings. The number of aromatic nitrogens is 12. The van der Waals surface area contributed by atoms with E-state index in [1.165, 1.54) is 18.2 Å². The van der Waals surface area contributed by atoms with E-state index < -0.39 is 10.0 Å². The number of amides is 1. The molecule has 6 aromatic heterocycles. The Morgan fingerprint density at radius 3 is 1.52 bits per heavy atom. The summed E-state index contributed by atoms with van der Waals surface area (Å²) in [5.41, 5.74) is 9.48. The van der Waals surface area contributed by atoms with Gasteiger partial charge >= 0.3 is 0 Å². The molecule has 69 heavy (non-hydrogen) atoms. The molecule has 0 saturated heterocycles. The molecule has 2 aliphatic rings. The van der Waals surface area contributed by atoms with Gasteiger partial charge in [-0.25, -0.2) is 33.1 Å². The molecule has 2 aliphatic carbocycles. The molecule has 2 N–H and O–H groups in total. The van der Waals surface area contributed by atoms with E-state index in [0.717, 1.165) is 106 Å². The summed E-state index contributed by atoms with van der Waals surface area (Å²) >= 11 is 0. The van der Waals surface area contributed by atoms with Crippen molar-refractivity contribution in [1.82, 2.24) is 69.1 Å². The van der Waals surface area contributed by atoms with Crippen molar-refractivity contribution in [3.05, 3.63) is 147 Å². The number of aryl methyl sites for hydroxylation is 2. The van der Waals surface area contributed by atoms with Crippen LogP contribution in [0.1, 0.15) is 63.5 Å². The molecule has 4 atom stereocenters. The second-order valence-electron chi connectivity index (χ2n) is 17.9. The number of allylic oxidation sites excluding steroid dienone is 2. The smallest absolute Gasteiger partial charge is 0.244 e. The lowest BCUT2D eigenvalue weighted by molar-refractivity contribution is -0.117. The Morgan fingerprint density at radius 2 is 1.01 bits per heavy atom. The molecule has 1 unspecified atom stereocenters. The third-order valence-corrected chi connectivity index (χ3v) is 14.0. The predicted molar refractivity (Wildman–Crippen MR) is 263 cm³/mol. The number of rotatable bonds is 14. The fraction of sp³-hybridized carbons (Fsp3) is 0.275. The fourth-order valence-corrected chi connectivity index (χ4v) is 10.4. The lowest BCUT2D eigenvalue weighted by atomic mass is 9.91. The standard InChI is InChI=1S/C51H52N14O3S/c1-62-31-41(27-56-62)35-9-5-11-37(19-35)50-52-23-39(24-53-50)43-29-58-64(33-43)47-15-7-13-45(21-47)60-49(66)17-3-4-18-69(67,68)61-46-14-8-16-48(22-46)65-34-44(30-59-65)40-25-54-51(55-26-40)38-12-6-10-36(20-38)42-28-57-63(2)32-42/h3-6,9-12,17-20,23-34,45-48,61H,7-8,13-16,21-22H2,1-2H3,(H,60,66)/b17-3+,18-4+/t45-,46+,47?,48+/m1/s1. The average molecular weight is 941 g/mol. The molecule has 8 aromatic rings. The van der Waals surface area contributed by atoms with E-state index in [4.69, 9.17) is 0 Å². The molecular formula is C51H52N14O3S. The van der Waals surface area contributed by atoms with Gasteiger partial charge in [-0.2, -0.15) is 20.4 Å². The van der Waals surface area contributed by atoms with Crippen molar-refractivity contribution < 1.29 is 13.2 Å². The maximum atomic E-state index is 13.1. The van der Waals surface area contributed by atoms with E-state index in [1.54, 1.807) is 28.0 Å². The summed E-state index contributed by atoms with van der Waals surface area (Å²) in [7, 11) is 0.0310. The molecule has 0 radical (unpaired) electrons. The third-order valence-electron chi connectivity index (χ3n) is 12.8. The lowest BCUT2D eigenvalue weighted by Crippen LogP contribution is -2.38. The third kappa shape index (κ3) is 10.9. The second kappa shape index (κ2) is 19.9. The number of nitrogens with zero attached hydrogens (tertiary/aromatic N) is 12. The van der Waals surface area contributed by atoms with E-state index in [1.807, 2.05) is 116 Å². The quantitative estimate of drug-likeness (QED) is 0.0794. The minimum atomic E-state index is -3.76. The van der Waals surface area contributed by atoms with Crippen molar-refractivity contribution >= 4 is 15.9 Å². The summed E-state index contributed by atoms with van der Waals surface area (Å²) in [4.78, 5) is 31.6. The summed E-state index contributed by atoms with van der Waals surface area (Å²) in [6, 6.07) is 16.0. The van der Waals surface area contributed by atoms with Gasteiger partial charge in [0.1, 0.15) is 0 Å². The zero-order chi connectivity index (χ0) is 47.3. The van der Waals surface area contributed by atoms with E-state index in [0.29, 0.717) is 18.1 Å². The number of sulfonamides is 1. The first-order valence-electron chi connectivity index (χ1n) is 23.2. The molecule has 0 aliphatic heterocycles. The average Bonchev–Trinajstić information content (AvgIpc) is 4.22. The molecule has 0 spiro atoms. The van der Waals surface area contributed by atoms with Crippen LogP contribution in [0.3, 0.4) is 0 Å². The van der Waals surface area contributed by atoms with Crippen molar-refractivity contribution in [3.8, 4) is 67.3 Å². The molecule has 2 aromatic carbocycles. The van der Waals surface area contributed by atoms with Crippen LogP contribution in [0.15, 0.2) is 147 Å². The first-order valence-corrected chi connectivity index (χ1v) is 24.7. The zero-order valence-electron chi connectivity index (χ0n) is 38.3. The van der Waals surface area contributed by atoms with E-state index in [2.05, 4.69) is 62.5 Å². The summed E-state index contributed by atoms with van der Waals surface area (Å²) in [5.74, 6) is 0.984. The summed E-state index contributed by atoms with van der Waals surface area (Å²) < 4.78 is 36.5. The van der Waals surface area contributed by atoms with Crippen LogP contribution < -0.4 is 10.0 Å². The minimum absolute atomic E-state index is 0.0265. The maximum Gasteiger partial charge on any atom is 0.244 e. The Balaban J connectivity index is 0.683. The van der Waals surface area contributed by atoms with Crippen LogP contribution in [0.25, 0.3) is 67.3 Å². The van der Waals surface area contributed by atoms with Crippen LogP contribution in [-0.4, -0.2) is 85.5 Å². The van der Waals surface area contributed by atoms with Crippen molar-refractivity contribution in [2.45, 2.75) is 75.5 Å². The maximum absolute atomic E-state index is 13.1. The van der Waals surface area contributed by atoms with Gasteiger partial charge in [-0.3, -0.25) is 23.5 Å². The first kappa shape index (κ1) is 45.1. The SMILES string of the molecule is Cn1cc(-c2cccc(-c3ncc(-c4cnn(C5CCC[C@@H](NC(=O)/C=C/C=C/S(=O)(=O)N[C@H]6CCC[C@H](n7cc(-c8cnc(-c9cccc(-c%10cnn(C)c%10)c9)nc8)cn7)C6)C5)c4)cn3)c2)cn1. The van der Waals surface area contributed by atoms with Gasteiger partial charge in [-0.05, 0) is 80.7 Å². The fourth-order valence-electron chi connectivity index (χ4n) is 9.30. The van der Waals surface area contributed by atoms with Gasteiger partial charge in [-0.1, -0.05) is 42.5 Å². The number of carbonyl (C=O) groups excluding carboxylic acids is 1. The number of hydrogen-bond donors (Lipinski definition) is 2. The Kier molecular flexibility index (Phi) is 13.0. The Bertz CT molecular complexity index is 3240. The van der Waals surface area contributed by atoms with Gasteiger partial charge in [0.15, 0.2) is 11.6 Å². The van der Waals surface area contributed by atoms with Crippen LogP contribution in [0, 0.1) is 0 Å². The summed E-state index contributed by atoms with van der Waals surface area (Å²) in [6.45, 7) is 0. The second-order valence-corrected chi connectivity index (χ2v) is 19.5. The van der Waals surface area contributed by atoms with Crippen molar-refractivity contribution in [3.63, 3.8) is 0 Å². The first-order chi connectivity index (χ1) is 33.6. The highest BCUT2D eigenvalue weighted by Gasteiger charge is 2.27. The molecule has 10 rings (SSSR count). The predicted octanol–water partition coefficient (Wildman–Crippen LogP) is 7.90. The lowest BCUT2D eigenvalue weighted by Gasteiger charge is -2.29. The van der Waals surface area contributed by atoms with Gasteiger partial charge in [0.25, 0.3) is 0 Å².